The number of halogens is 3. The second kappa shape index (κ2) is 15.2. The number of carboxylic acids is 1. The Labute approximate surface area is 276 Å². The van der Waals surface area contributed by atoms with Gasteiger partial charge in [0.25, 0.3) is 0 Å². The first-order chi connectivity index (χ1) is 22.4. The van der Waals surface area contributed by atoms with Gasteiger partial charge < -0.3 is 31.4 Å². The van der Waals surface area contributed by atoms with Gasteiger partial charge in [-0.1, -0.05) is 31.2 Å². The van der Waals surface area contributed by atoms with Crippen LogP contribution < -0.4 is 26.3 Å². The summed E-state index contributed by atoms with van der Waals surface area (Å²) in [5, 5.41) is 12.1. The number of pyridine rings is 1. The van der Waals surface area contributed by atoms with Gasteiger partial charge in [0.1, 0.15) is 11.4 Å². The number of nitrogens with one attached hydrogen (secondary N) is 1. The summed E-state index contributed by atoms with van der Waals surface area (Å²) in [6.45, 7) is 7.63. The standard InChI is InChI=1S/C31H36N4O5S.C2HF3O2/c1-5-39-27-18-23(11-14-26(27)40-20(3)4)31(30(33)36,19-22-9-7-8-10-28(22)41(37,38)6-2)35-24-12-13-25-21(17-24)15-16-34-29(25)32;3-2(4,5)1(6)7/h7-18,20,35H,5-6,19H2,1-4H3,(H2,32,34)(H2,33,36);(H,6,7)/t31-;/m1./s1. The van der Waals surface area contributed by atoms with E-state index in [1.165, 1.54) is 0 Å². The lowest BCUT2D eigenvalue weighted by Gasteiger charge is -2.34. The Balaban J connectivity index is 0.000000804. The quantitative estimate of drug-likeness (QED) is 0.149. The van der Waals surface area contributed by atoms with E-state index < -0.39 is 33.4 Å². The molecule has 0 bridgehead atoms. The smallest absolute Gasteiger partial charge is 0.490 e. The number of fused-ring (bicyclic) bond motifs is 1. The van der Waals surface area contributed by atoms with Crippen molar-refractivity contribution in [3.63, 3.8) is 0 Å². The fourth-order valence-corrected chi connectivity index (χ4v) is 5.96. The van der Waals surface area contributed by atoms with E-state index in [-0.39, 0.29) is 23.2 Å². The number of hydrogen-bond acceptors (Lipinski definition) is 9. The van der Waals surface area contributed by atoms with Crippen LogP contribution in [0.5, 0.6) is 11.5 Å². The van der Waals surface area contributed by atoms with E-state index in [9.17, 15) is 26.4 Å². The summed E-state index contributed by atoms with van der Waals surface area (Å²) in [5.41, 5.74) is 12.2. The van der Waals surface area contributed by atoms with E-state index in [0.29, 0.717) is 40.7 Å². The van der Waals surface area contributed by atoms with Crippen molar-refractivity contribution in [2.75, 3.05) is 23.4 Å². The zero-order valence-corrected chi connectivity index (χ0v) is 27.5. The predicted octanol–water partition coefficient (Wildman–Crippen LogP) is 5.47. The summed E-state index contributed by atoms with van der Waals surface area (Å²) < 4.78 is 69.7. The van der Waals surface area contributed by atoms with Crippen molar-refractivity contribution in [3.8, 4) is 11.5 Å². The van der Waals surface area contributed by atoms with Crippen molar-refractivity contribution in [2.45, 2.75) is 56.8 Å². The number of hydrogen-bond donors (Lipinski definition) is 4. The molecule has 0 saturated heterocycles. The monoisotopic (exact) mass is 690 g/mol. The zero-order valence-electron chi connectivity index (χ0n) is 26.7. The molecule has 1 aromatic heterocycles. The Morgan fingerprint density at radius 2 is 1.67 bits per heavy atom. The lowest BCUT2D eigenvalue weighted by molar-refractivity contribution is -0.192. The number of anilines is 2. The Hall–Kier alpha value is -5.05. The van der Waals surface area contributed by atoms with Gasteiger partial charge in [-0.3, -0.25) is 4.79 Å². The summed E-state index contributed by atoms with van der Waals surface area (Å²) in [4.78, 5) is 26.8. The number of primary amides is 1. The number of amides is 1. The van der Waals surface area contributed by atoms with Crippen LogP contribution in [0.15, 0.2) is 77.8 Å². The average Bonchev–Trinajstić information content (AvgIpc) is 3.01. The Morgan fingerprint density at radius 1 is 1.00 bits per heavy atom. The normalized spacial score (nSPS) is 12.8. The van der Waals surface area contributed by atoms with Crippen molar-refractivity contribution < 1.29 is 45.8 Å². The topological polar surface area (TPSA) is 184 Å². The van der Waals surface area contributed by atoms with E-state index in [1.54, 1.807) is 61.7 Å². The second-order valence-electron chi connectivity index (χ2n) is 10.8. The van der Waals surface area contributed by atoms with E-state index in [2.05, 4.69) is 10.3 Å². The molecular weight excluding hydrogens is 653 g/mol. The molecule has 0 radical (unpaired) electrons. The summed E-state index contributed by atoms with van der Waals surface area (Å²) >= 11 is 0. The molecule has 0 fully saturated rings. The lowest BCUT2D eigenvalue weighted by Crippen LogP contribution is -2.49. The van der Waals surface area contributed by atoms with Gasteiger partial charge in [0.2, 0.25) is 5.91 Å². The number of carbonyl (C=O) groups is 2. The van der Waals surface area contributed by atoms with Crippen LogP contribution in [0.3, 0.4) is 0 Å². The summed E-state index contributed by atoms with van der Waals surface area (Å²) in [5.74, 6) is -2.19. The molecule has 258 valence electrons. The molecule has 4 aromatic rings. The number of aromatic nitrogens is 1. The SMILES string of the molecule is CCOc1cc([C@@](Cc2ccccc2S(=O)(=O)CC)(Nc2ccc3c(N)nccc3c2)C(N)=O)ccc1OC(C)C.O=C(O)C(F)(F)F. The van der Waals surface area contributed by atoms with E-state index in [0.717, 1.165) is 10.8 Å². The molecule has 48 heavy (non-hydrogen) atoms. The maximum Gasteiger partial charge on any atom is 0.490 e. The number of alkyl halides is 3. The number of benzene rings is 3. The molecule has 1 amide bonds. The highest BCUT2D eigenvalue weighted by atomic mass is 32.2. The molecule has 6 N–H and O–H groups in total. The van der Waals surface area contributed by atoms with Gasteiger partial charge in [-0.05, 0) is 79.7 Å². The second-order valence-corrected chi connectivity index (χ2v) is 13.0. The molecular formula is C33H37F3N4O7S. The van der Waals surface area contributed by atoms with Crippen LogP contribution in [0.4, 0.5) is 24.7 Å². The number of nitrogens with zero attached hydrogens (tertiary/aromatic N) is 1. The van der Waals surface area contributed by atoms with Crippen LogP contribution in [-0.2, 0) is 31.4 Å². The first kappa shape index (κ1) is 37.4. The Bertz CT molecular complexity index is 1890. The highest BCUT2D eigenvalue weighted by Gasteiger charge is 2.41. The number of nitrogens with two attached hydrogens (primary N) is 2. The zero-order chi connectivity index (χ0) is 35.9. The first-order valence-electron chi connectivity index (χ1n) is 14.7. The number of aliphatic carboxylic acids is 1. The van der Waals surface area contributed by atoms with Gasteiger partial charge in [0.05, 0.1) is 23.4 Å². The van der Waals surface area contributed by atoms with Gasteiger partial charge in [0.15, 0.2) is 21.3 Å². The predicted molar refractivity (Wildman–Crippen MR) is 176 cm³/mol. The molecule has 15 heteroatoms. The molecule has 11 nitrogen and oxygen atoms in total. The summed E-state index contributed by atoms with van der Waals surface area (Å²) in [6, 6.07) is 19.1. The van der Waals surface area contributed by atoms with Crippen molar-refractivity contribution >= 4 is 44.0 Å². The highest BCUT2D eigenvalue weighted by molar-refractivity contribution is 7.91. The van der Waals surface area contributed by atoms with Crippen molar-refractivity contribution in [2.24, 2.45) is 5.73 Å². The minimum absolute atomic E-state index is 0.0514. The van der Waals surface area contributed by atoms with E-state index in [1.807, 2.05) is 39.0 Å². The third-order valence-electron chi connectivity index (χ3n) is 7.06. The number of carboxylic acid groups (broad SMARTS) is 1. The van der Waals surface area contributed by atoms with Crippen molar-refractivity contribution in [3.05, 3.63) is 84.1 Å². The maximum absolute atomic E-state index is 13.6. The molecule has 0 aliphatic heterocycles. The van der Waals surface area contributed by atoms with Crippen LogP contribution in [-0.4, -0.2) is 55.0 Å². The van der Waals surface area contributed by atoms with Gasteiger partial charge in [-0.2, -0.15) is 13.2 Å². The number of nitrogen functional groups attached to an aromatic ring is 1. The average molecular weight is 691 g/mol. The molecule has 1 heterocycles. The third kappa shape index (κ3) is 8.85. The van der Waals surface area contributed by atoms with Crippen LogP contribution in [0.25, 0.3) is 10.8 Å². The fourth-order valence-electron chi connectivity index (χ4n) is 4.82. The molecule has 4 rings (SSSR count). The molecule has 0 spiro atoms. The van der Waals surface area contributed by atoms with E-state index in [4.69, 9.17) is 30.8 Å². The van der Waals surface area contributed by atoms with Gasteiger partial charge >= 0.3 is 12.1 Å². The van der Waals surface area contributed by atoms with Crippen LogP contribution in [0, 0.1) is 0 Å². The van der Waals surface area contributed by atoms with Crippen molar-refractivity contribution in [1.82, 2.24) is 4.98 Å². The molecule has 0 unspecified atom stereocenters. The number of sulfone groups is 1. The van der Waals surface area contributed by atoms with Crippen LogP contribution >= 0.6 is 0 Å². The highest BCUT2D eigenvalue weighted by Crippen LogP contribution is 2.39. The lowest BCUT2D eigenvalue weighted by atomic mass is 9.82. The maximum atomic E-state index is 13.6. The van der Waals surface area contributed by atoms with E-state index >= 15 is 0 Å². The van der Waals surface area contributed by atoms with Crippen LogP contribution in [0.1, 0.15) is 38.8 Å². The molecule has 3 aromatic carbocycles. The minimum atomic E-state index is -5.08. The Morgan fingerprint density at radius 3 is 2.25 bits per heavy atom. The number of rotatable bonds is 12. The first-order valence-corrected chi connectivity index (χ1v) is 16.4. The molecule has 1 atom stereocenters. The Kier molecular flexibility index (Phi) is 11.9. The molecule has 0 aliphatic carbocycles. The fraction of sp³-hybridized carbons (Fsp3) is 0.303. The largest absolute Gasteiger partial charge is 0.490 e. The third-order valence-corrected chi connectivity index (χ3v) is 8.89. The van der Waals surface area contributed by atoms with Crippen LogP contribution in [0.2, 0.25) is 0 Å². The molecule has 0 aliphatic rings. The van der Waals surface area contributed by atoms with Gasteiger partial charge in [-0.15, -0.1) is 0 Å². The summed E-state index contributed by atoms with van der Waals surface area (Å²) in [7, 11) is -3.60. The van der Waals surface area contributed by atoms with Gasteiger partial charge in [-0.25, -0.2) is 18.2 Å². The minimum Gasteiger partial charge on any atom is -0.490 e. The number of carbonyl (C=O) groups excluding carboxylic acids is 1. The molecule has 0 saturated carbocycles. The van der Waals surface area contributed by atoms with Gasteiger partial charge in [0, 0.05) is 23.7 Å². The number of ether oxygens (including phenoxy) is 2. The summed E-state index contributed by atoms with van der Waals surface area (Å²) in [6.07, 6.45) is -3.63. The van der Waals surface area contributed by atoms with Crippen molar-refractivity contribution in [1.29, 1.82) is 0 Å².